The van der Waals surface area contributed by atoms with Gasteiger partial charge in [0.2, 0.25) is 0 Å². The highest BCUT2D eigenvalue weighted by atomic mass is 16.3. The molecule has 1 fully saturated rings. The van der Waals surface area contributed by atoms with Crippen LogP contribution in [-0.4, -0.2) is 34.5 Å². The molecule has 1 amide bonds. The second kappa shape index (κ2) is 6.27. The predicted molar refractivity (Wildman–Crippen MR) is 79.8 cm³/mol. The van der Waals surface area contributed by atoms with Crippen LogP contribution in [0.15, 0.2) is 18.2 Å². The van der Waals surface area contributed by atoms with E-state index in [2.05, 4.69) is 0 Å². The maximum Gasteiger partial charge on any atom is 0.254 e. The van der Waals surface area contributed by atoms with E-state index >= 15 is 0 Å². The molecule has 0 spiro atoms. The summed E-state index contributed by atoms with van der Waals surface area (Å²) in [6, 6.07) is 5.69. The molecule has 3 N–H and O–H groups in total. The summed E-state index contributed by atoms with van der Waals surface area (Å²) in [6.07, 6.45) is 3.90. The fourth-order valence-corrected chi connectivity index (χ4v) is 2.89. The molecule has 4 heteroatoms. The van der Waals surface area contributed by atoms with Crippen LogP contribution in [0.2, 0.25) is 0 Å². The van der Waals surface area contributed by atoms with Gasteiger partial charge in [-0.05, 0) is 57.2 Å². The monoisotopic (exact) mass is 276 g/mol. The maximum atomic E-state index is 12.6. The Morgan fingerprint density at radius 3 is 2.55 bits per heavy atom. The predicted octanol–water partition coefficient (Wildman–Crippen LogP) is 2.43. The molecule has 0 atom stereocenters. The molecule has 0 unspecified atom stereocenters. The molecule has 0 heterocycles. The summed E-state index contributed by atoms with van der Waals surface area (Å²) >= 11 is 0. The topological polar surface area (TPSA) is 66.6 Å². The second-order valence-corrected chi connectivity index (χ2v) is 5.66. The molecule has 20 heavy (non-hydrogen) atoms. The maximum absolute atomic E-state index is 12.6. The van der Waals surface area contributed by atoms with Crippen LogP contribution in [0, 0.1) is 6.92 Å². The number of rotatable bonds is 3. The Kier molecular flexibility index (Phi) is 4.65. The number of aromatic hydroxyl groups is 1. The highest BCUT2D eigenvalue weighted by molar-refractivity contribution is 5.95. The molecule has 0 aliphatic heterocycles. The van der Waals surface area contributed by atoms with E-state index in [1.165, 1.54) is 0 Å². The Balaban J connectivity index is 2.14. The smallest absolute Gasteiger partial charge is 0.254 e. The van der Waals surface area contributed by atoms with Crippen molar-refractivity contribution < 1.29 is 9.90 Å². The number of phenols is 1. The van der Waals surface area contributed by atoms with Gasteiger partial charge in [0.25, 0.3) is 5.91 Å². The van der Waals surface area contributed by atoms with Crippen LogP contribution in [0.25, 0.3) is 0 Å². The third-order valence-corrected chi connectivity index (χ3v) is 4.24. The van der Waals surface area contributed by atoms with Gasteiger partial charge < -0.3 is 15.7 Å². The average molecular weight is 276 g/mol. The van der Waals surface area contributed by atoms with Crippen molar-refractivity contribution in [2.45, 2.75) is 51.6 Å². The van der Waals surface area contributed by atoms with Crippen molar-refractivity contribution in [3.8, 4) is 5.75 Å². The molecular weight excluding hydrogens is 252 g/mol. The number of nitrogens with two attached hydrogens (primary N) is 1. The van der Waals surface area contributed by atoms with Crippen LogP contribution in [-0.2, 0) is 0 Å². The third kappa shape index (κ3) is 3.12. The van der Waals surface area contributed by atoms with Crippen molar-refractivity contribution >= 4 is 5.91 Å². The number of benzene rings is 1. The zero-order valence-corrected chi connectivity index (χ0v) is 12.3. The fraction of sp³-hybridized carbons (Fsp3) is 0.562. The number of phenolic OH excluding ortho intramolecular Hbond substituents is 1. The molecule has 0 bridgehead atoms. The lowest BCUT2D eigenvalue weighted by molar-refractivity contribution is 0.0640. The Morgan fingerprint density at radius 1 is 1.35 bits per heavy atom. The van der Waals surface area contributed by atoms with Crippen molar-refractivity contribution in [3.63, 3.8) is 0 Å². The lowest BCUT2D eigenvalue weighted by Crippen LogP contribution is -2.44. The first-order valence-corrected chi connectivity index (χ1v) is 7.39. The fourth-order valence-electron chi connectivity index (χ4n) is 2.89. The molecule has 4 nitrogen and oxygen atoms in total. The summed E-state index contributed by atoms with van der Waals surface area (Å²) < 4.78 is 0. The van der Waals surface area contributed by atoms with Crippen molar-refractivity contribution in [2.24, 2.45) is 5.73 Å². The molecule has 0 saturated heterocycles. The number of amides is 1. The van der Waals surface area contributed by atoms with E-state index in [1.807, 2.05) is 18.7 Å². The normalized spacial score (nSPS) is 22.6. The molecule has 1 aliphatic carbocycles. The standard InChI is InChI=1S/C16H24N2O2/c1-3-18(14-8-6-13(17)7-9-14)16(20)12-5-4-11(2)15(19)10-12/h4-5,10,13-14,19H,3,6-9,17H2,1-2H3. The summed E-state index contributed by atoms with van der Waals surface area (Å²) in [5, 5.41) is 9.76. The number of carbonyl (C=O) groups is 1. The van der Waals surface area contributed by atoms with Crippen molar-refractivity contribution in [1.29, 1.82) is 0 Å². The second-order valence-electron chi connectivity index (χ2n) is 5.66. The van der Waals surface area contributed by atoms with E-state index in [4.69, 9.17) is 5.73 Å². The first-order chi connectivity index (χ1) is 9.52. The van der Waals surface area contributed by atoms with E-state index in [0.29, 0.717) is 12.1 Å². The quantitative estimate of drug-likeness (QED) is 0.891. The zero-order chi connectivity index (χ0) is 14.7. The molecule has 1 saturated carbocycles. The molecular formula is C16H24N2O2. The summed E-state index contributed by atoms with van der Waals surface area (Å²) in [5.41, 5.74) is 7.27. The van der Waals surface area contributed by atoms with Crippen LogP contribution in [0.1, 0.15) is 48.5 Å². The van der Waals surface area contributed by atoms with Crippen LogP contribution in [0.3, 0.4) is 0 Å². The van der Waals surface area contributed by atoms with Crippen LogP contribution < -0.4 is 5.73 Å². The Hall–Kier alpha value is -1.55. The van der Waals surface area contributed by atoms with Crippen LogP contribution in [0.5, 0.6) is 5.75 Å². The molecule has 1 aromatic rings. The first-order valence-electron chi connectivity index (χ1n) is 7.39. The average Bonchev–Trinajstić information content (AvgIpc) is 2.44. The molecule has 2 rings (SSSR count). The van der Waals surface area contributed by atoms with Crippen LogP contribution in [0.4, 0.5) is 0 Å². The van der Waals surface area contributed by atoms with Gasteiger partial charge in [0, 0.05) is 24.2 Å². The van der Waals surface area contributed by atoms with Gasteiger partial charge in [0.1, 0.15) is 5.75 Å². The summed E-state index contributed by atoms with van der Waals surface area (Å²) in [5.74, 6) is 0.181. The Morgan fingerprint density at radius 2 is 2.00 bits per heavy atom. The van der Waals surface area contributed by atoms with Gasteiger partial charge in [-0.2, -0.15) is 0 Å². The largest absolute Gasteiger partial charge is 0.508 e. The first kappa shape index (κ1) is 14.9. The van der Waals surface area contributed by atoms with Gasteiger partial charge in [-0.1, -0.05) is 6.07 Å². The highest BCUT2D eigenvalue weighted by Gasteiger charge is 2.27. The van der Waals surface area contributed by atoms with E-state index in [-0.39, 0.29) is 23.7 Å². The van der Waals surface area contributed by atoms with Crippen molar-refractivity contribution in [2.75, 3.05) is 6.54 Å². The van der Waals surface area contributed by atoms with Gasteiger partial charge in [-0.3, -0.25) is 4.79 Å². The number of aryl methyl sites for hydroxylation is 1. The van der Waals surface area contributed by atoms with Crippen molar-refractivity contribution in [1.82, 2.24) is 4.90 Å². The molecule has 1 aromatic carbocycles. The SMILES string of the molecule is CCN(C(=O)c1ccc(C)c(O)c1)C1CCC(N)CC1. The van der Waals surface area contributed by atoms with Crippen LogP contribution >= 0.6 is 0 Å². The molecule has 1 aliphatic rings. The van der Waals surface area contributed by atoms with E-state index in [1.54, 1.807) is 18.2 Å². The molecule has 110 valence electrons. The Bertz CT molecular complexity index is 479. The molecule has 0 aromatic heterocycles. The number of nitrogens with zero attached hydrogens (tertiary/aromatic N) is 1. The van der Waals surface area contributed by atoms with Gasteiger partial charge in [0.05, 0.1) is 0 Å². The zero-order valence-electron chi connectivity index (χ0n) is 12.3. The minimum Gasteiger partial charge on any atom is -0.508 e. The van der Waals surface area contributed by atoms with E-state index in [0.717, 1.165) is 31.2 Å². The number of carbonyl (C=O) groups excluding carboxylic acids is 1. The van der Waals surface area contributed by atoms with Crippen molar-refractivity contribution in [3.05, 3.63) is 29.3 Å². The lowest BCUT2D eigenvalue weighted by atomic mass is 9.90. The summed E-state index contributed by atoms with van der Waals surface area (Å²) in [6.45, 7) is 4.51. The van der Waals surface area contributed by atoms with Gasteiger partial charge in [-0.25, -0.2) is 0 Å². The number of hydrogen-bond acceptors (Lipinski definition) is 3. The van der Waals surface area contributed by atoms with E-state index < -0.39 is 0 Å². The third-order valence-electron chi connectivity index (χ3n) is 4.24. The van der Waals surface area contributed by atoms with Gasteiger partial charge >= 0.3 is 0 Å². The number of hydrogen-bond donors (Lipinski definition) is 2. The highest BCUT2D eigenvalue weighted by Crippen LogP contribution is 2.25. The molecule has 0 radical (unpaired) electrons. The summed E-state index contributed by atoms with van der Waals surface area (Å²) in [4.78, 5) is 14.5. The van der Waals surface area contributed by atoms with E-state index in [9.17, 15) is 9.90 Å². The summed E-state index contributed by atoms with van der Waals surface area (Å²) in [7, 11) is 0. The lowest BCUT2D eigenvalue weighted by Gasteiger charge is -2.35. The Labute approximate surface area is 120 Å². The van der Waals surface area contributed by atoms with Gasteiger partial charge in [0.15, 0.2) is 0 Å². The minimum atomic E-state index is 0.00303. The van der Waals surface area contributed by atoms with Gasteiger partial charge in [-0.15, -0.1) is 0 Å². The minimum absolute atomic E-state index is 0.00303.